The molecule has 7 nitrogen and oxygen atoms in total. The van der Waals surface area contributed by atoms with Gasteiger partial charge in [0.2, 0.25) is 0 Å². The van der Waals surface area contributed by atoms with Crippen LogP contribution in [0, 0.1) is 0 Å². The lowest BCUT2D eigenvalue weighted by Gasteiger charge is -2.39. The maximum Gasteiger partial charge on any atom is 0.330 e. The molecule has 0 aromatic carbocycles. The van der Waals surface area contributed by atoms with Gasteiger partial charge in [0, 0.05) is 5.57 Å². The Morgan fingerprint density at radius 3 is 2.59 bits per heavy atom. The van der Waals surface area contributed by atoms with Crippen LogP contribution in [0.1, 0.15) is 26.7 Å². The average molecular weight is 316 g/mol. The van der Waals surface area contributed by atoms with Crippen LogP contribution < -0.4 is 0 Å². The topological polar surface area (TPSA) is 116 Å². The molecule has 1 aliphatic rings. The molecule has 0 aromatic rings. The molecular weight excluding hydrogens is 292 g/mol. The molecule has 1 saturated heterocycles. The van der Waals surface area contributed by atoms with E-state index in [1.807, 2.05) is 0 Å². The SMILES string of the molecule is C=C[C@](C)(CC/C=C(\C)C(=O)O)O[C@@H]1OC[C@@H](O)[C@H](O)[C@H]1O. The number of aliphatic hydroxyl groups is 3. The number of carboxylic acids is 1. The van der Waals surface area contributed by atoms with Crippen molar-refractivity contribution in [3.05, 3.63) is 24.3 Å². The number of ether oxygens (including phenoxy) is 2. The summed E-state index contributed by atoms with van der Waals surface area (Å²) >= 11 is 0. The molecule has 0 saturated carbocycles. The average Bonchev–Trinajstić information content (AvgIpc) is 2.47. The quantitative estimate of drug-likeness (QED) is 0.391. The normalized spacial score (nSPS) is 32.3. The third kappa shape index (κ3) is 4.89. The van der Waals surface area contributed by atoms with E-state index in [-0.39, 0.29) is 12.2 Å². The second kappa shape index (κ2) is 7.85. The third-order valence-electron chi connectivity index (χ3n) is 3.70. The fraction of sp³-hybridized carbons (Fsp3) is 0.667. The van der Waals surface area contributed by atoms with Gasteiger partial charge >= 0.3 is 5.97 Å². The van der Waals surface area contributed by atoms with Crippen molar-refractivity contribution in [3.8, 4) is 0 Å². The van der Waals surface area contributed by atoms with Crippen molar-refractivity contribution in [2.45, 2.75) is 56.9 Å². The molecule has 0 bridgehead atoms. The van der Waals surface area contributed by atoms with Gasteiger partial charge in [-0.2, -0.15) is 0 Å². The van der Waals surface area contributed by atoms with Gasteiger partial charge in [0.05, 0.1) is 12.2 Å². The van der Waals surface area contributed by atoms with Gasteiger partial charge in [0.25, 0.3) is 0 Å². The molecule has 0 aromatic heterocycles. The van der Waals surface area contributed by atoms with E-state index >= 15 is 0 Å². The first-order valence-electron chi connectivity index (χ1n) is 7.07. The first-order valence-corrected chi connectivity index (χ1v) is 7.07. The van der Waals surface area contributed by atoms with E-state index in [9.17, 15) is 20.1 Å². The molecule has 1 rings (SSSR count). The maximum atomic E-state index is 10.7. The third-order valence-corrected chi connectivity index (χ3v) is 3.70. The van der Waals surface area contributed by atoms with E-state index in [1.54, 1.807) is 13.0 Å². The van der Waals surface area contributed by atoms with Gasteiger partial charge in [0.1, 0.15) is 18.3 Å². The molecule has 4 N–H and O–H groups in total. The van der Waals surface area contributed by atoms with Gasteiger partial charge in [0.15, 0.2) is 6.29 Å². The van der Waals surface area contributed by atoms with Crippen molar-refractivity contribution in [1.29, 1.82) is 0 Å². The highest BCUT2D eigenvalue weighted by atomic mass is 16.7. The second-order valence-corrected chi connectivity index (χ2v) is 5.62. The molecule has 0 aliphatic carbocycles. The Bertz CT molecular complexity index is 434. The number of carboxylic acid groups (broad SMARTS) is 1. The molecule has 7 heteroatoms. The van der Waals surface area contributed by atoms with Crippen molar-refractivity contribution in [2.75, 3.05) is 6.61 Å². The highest BCUT2D eigenvalue weighted by molar-refractivity contribution is 5.85. The fourth-order valence-electron chi connectivity index (χ4n) is 2.02. The molecule has 5 atom stereocenters. The molecule has 0 spiro atoms. The van der Waals surface area contributed by atoms with Crippen LogP contribution in [0.3, 0.4) is 0 Å². The smallest absolute Gasteiger partial charge is 0.330 e. The van der Waals surface area contributed by atoms with E-state index in [0.717, 1.165) is 0 Å². The number of carbonyl (C=O) groups is 1. The summed E-state index contributed by atoms with van der Waals surface area (Å²) in [4.78, 5) is 10.7. The van der Waals surface area contributed by atoms with Crippen LogP contribution in [0.15, 0.2) is 24.3 Å². The summed E-state index contributed by atoms with van der Waals surface area (Å²) < 4.78 is 10.9. The Morgan fingerprint density at radius 2 is 2.05 bits per heavy atom. The lowest BCUT2D eigenvalue weighted by atomic mass is 9.98. The zero-order valence-electron chi connectivity index (χ0n) is 12.8. The van der Waals surface area contributed by atoms with Gasteiger partial charge in [-0.1, -0.05) is 12.2 Å². The second-order valence-electron chi connectivity index (χ2n) is 5.62. The molecule has 1 aliphatic heterocycles. The lowest BCUT2D eigenvalue weighted by molar-refractivity contribution is -0.292. The van der Waals surface area contributed by atoms with Crippen LogP contribution >= 0.6 is 0 Å². The van der Waals surface area contributed by atoms with E-state index in [4.69, 9.17) is 14.6 Å². The zero-order valence-corrected chi connectivity index (χ0v) is 12.8. The van der Waals surface area contributed by atoms with Crippen molar-refractivity contribution >= 4 is 5.97 Å². The Kier molecular flexibility index (Phi) is 6.70. The highest BCUT2D eigenvalue weighted by Gasteiger charge is 2.41. The van der Waals surface area contributed by atoms with Gasteiger partial charge < -0.3 is 29.9 Å². The number of aliphatic carboxylic acids is 1. The van der Waals surface area contributed by atoms with Crippen LogP contribution in [0.2, 0.25) is 0 Å². The summed E-state index contributed by atoms with van der Waals surface area (Å²) in [5.41, 5.74) is -0.637. The summed E-state index contributed by atoms with van der Waals surface area (Å²) in [6, 6.07) is 0. The predicted molar refractivity (Wildman–Crippen MR) is 78.1 cm³/mol. The van der Waals surface area contributed by atoms with Crippen molar-refractivity contribution in [3.63, 3.8) is 0 Å². The standard InChI is InChI=1S/C15H24O7/c1-4-15(3,7-5-6-9(2)13(19)20)22-14-12(18)11(17)10(16)8-21-14/h4,6,10-12,14,16-18H,1,5,7-8H2,2-3H3,(H,19,20)/b9-6+/t10-,11+,12-,14+,15-/m1/s1. The number of allylic oxidation sites excluding steroid dienone is 1. The van der Waals surface area contributed by atoms with Gasteiger partial charge in [-0.3, -0.25) is 0 Å². The molecule has 0 amide bonds. The van der Waals surface area contributed by atoms with Crippen molar-refractivity contribution in [2.24, 2.45) is 0 Å². The molecular formula is C15H24O7. The number of hydrogen-bond acceptors (Lipinski definition) is 6. The fourth-order valence-corrected chi connectivity index (χ4v) is 2.02. The van der Waals surface area contributed by atoms with Gasteiger partial charge in [-0.15, -0.1) is 6.58 Å². The molecule has 0 radical (unpaired) electrons. The Hall–Kier alpha value is -1.25. The van der Waals surface area contributed by atoms with Crippen LogP contribution in [-0.2, 0) is 14.3 Å². The molecule has 126 valence electrons. The van der Waals surface area contributed by atoms with Crippen LogP contribution in [0.25, 0.3) is 0 Å². The number of hydrogen-bond donors (Lipinski definition) is 4. The summed E-state index contributed by atoms with van der Waals surface area (Å²) in [7, 11) is 0. The Morgan fingerprint density at radius 1 is 1.41 bits per heavy atom. The van der Waals surface area contributed by atoms with E-state index in [0.29, 0.717) is 12.8 Å². The lowest BCUT2D eigenvalue weighted by Crippen LogP contribution is -2.55. The first-order chi connectivity index (χ1) is 10.2. The minimum atomic E-state index is -1.38. The minimum Gasteiger partial charge on any atom is -0.478 e. The maximum absolute atomic E-state index is 10.7. The van der Waals surface area contributed by atoms with Gasteiger partial charge in [-0.25, -0.2) is 4.79 Å². The number of rotatable bonds is 7. The van der Waals surface area contributed by atoms with Crippen LogP contribution in [-0.4, -0.2) is 63.2 Å². The molecule has 0 unspecified atom stereocenters. The first kappa shape index (κ1) is 18.8. The van der Waals surface area contributed by atoms with Gasteiger partial charge in [-0.05, 0) is 26.7 Å². The predicted octanol–water partition coefficient (Wildman–Crippen LogP) is 0.198. The Labute approximate surface area is 129 Å². The van der Waals surface area contributed by atoms with Crippen LogP contribution in [0.5, 0.6) is 0 Å². The largest absolute Gasteiger partial charge is 0.478 e. The summed E-state index contributed by atoms with van der Waals surface area (Å²) in [6.45, 7) is 6.75. The summed E-state index contributed by atoms with van der Waals surface area (Å²) in [5, 5.41) is 37.7. The van der Waals surface area contributed by atoms with E-state index in [2.05, 4.69) is 6.58 Å². The highest BCUT2D eigenvalue weighted by Crippen LogP contribution is 2.26. The van der Waals surface area contributed by atoms with E-state index < -0.39 is 36.2 Å². The Balaban J connectivity index is 2.64. The minimum absolute atomic E-state index is 0.145. The molecule has 22 heavy (non-hydrogen) atoms. The van der Waals surface area contributed by atoms with Crippen molar-refractivity contribution < 1.29 is 34.7 Å². The van der Waals surface area contributed by atoms with Crippen molar-refractivity contribution in [1.82, 2.24) is 0 Å². The van der Waals surface area contributed by atoms with Crippen LogP contribution in [0.4, 0.5) is 0 Å². The molecule has 1 fully saturated rings. The monoisotopic (exact) mass is 316 g/mol. The number of aliphatic hydroxyl groups excluding tert-OH is 3. The summed E-state index contributed by atoms with van der Waals surface area (Å²) in [5.74, 6) is -0.982. The zero-order chi connectivity index (χ0) is 16.9. The van der Waals surface area contributed by atoms with E-state index in [1.165, 1.54) is 13.0 Å². The summed E-state index contributed by atoms with van der Waals surface area (Å²) in [6.07, 6.45) is -1.01. The molecule has 1 heterocycles.